The number of hydrogen-bond acceptors (Lipinski definition) is 9. The molecule has 2 aromatic rings. The zero-order chi connectivity index (χ0) is 16.5. The maximum atomic E-state index is 11.3. The second-order valence-electron chi connectivity index (χ2n) is 3.84. The SMILES string of the molecule is O=S(=O)(O)c1ccc(S(=O)(=O)O)c(Nc2ncnc(O)n2)c1. The summed E-state index contributed by atoms with van der Waals surface area (Å²) in [6.45, 7) is 0. The number of nitrogens with zero attached hydrogens (tertiary/aromatic N) is 3. The van der Waals surface area contributed by atoms with Gasteiger partial charge in [-0.1, -0.05) is 0 Å². The van der Waals surface area contributed by atoms with Crippen LogP contribution in [0.25, 0.3) is 0 Å². The smallest absolute Gasteiger partial charge is 0.318 e. The molecule has 0 amide bonds. The number of aromatic hydroxyl groups is 1. The van der Waals surface area contributed by atoms with E-state index in [-0.39, 0.29) is 5.95 Å². The fourth-order valence-corrected chi connectivity index (χ4v) is 2.60. The van der Waals surface area contributed by atoms with Crippen molar-refractivity contribution in [2.24, 2.45) is 0 Å². The van der Waals surface area contributed by atoms with Crippen LogP contribution < -0.4 is 5.32 Å². The van der Waals surface area contributed by atoms with Crippen molar-refractivity contribution in [3.8, 4) is 6.01 Å². The van der Waals surface area contributed by atoms with Gasteiger partial charge in [-0.25, -0.2) is 4.98 Å². The Kier molecular flexibility index (Phi) is 3.97. The predicted molar refractivity (Wildman–Crippen MR) is 70.8 cm³/mol. The van der Waals surface area contributed by atoms with E-state index in [9.17, 15) is 16.8 Å². The topological polar surface area (TPSA) is 180 Å². The van der Waals surface area contributed by atoms with Gasteiger partial charge in [0.2, 0.25) is 5.95 Å². The number of nitrogens with one attached hydrogen (secondary N) is 1. The van der Waals surface area contributed by atoms with Crippen molar-refractivity contribution in [1.29, 1.82) is 0 Å². The second kappa shape index (κ2) is 5.45. The molecular formula is C9H8N4O7S2. The van der Waals surface area contributed by atoms with E-state index in [1.54, 1.807) is 0 Å². The largest absolute Gasteiger partial charge is 0.479 e. The monoisotopic (exact) mass is 348 g/mol. The van der Waals surface area contributed by atoms with Gasteiger partial charge in [-0.15, -0.1) is 0 Å². The van der Waals surface area contributed by atoms with Gasteiger partial charge in [0, 0.05) is 0 Å². The number of hydrogen-bond donors (Lipinski definition) is 4. The third kappa shape index (κ3) is 3.64. The lowest BCUT2D eigenvalue weighted by Crippen LogP contribution is -2.07. The van der Waals surface area contributed by atoms with Gasteiger partial charge in [-0.2, -0.15) is 26.8 Å². The summed E-state index contributed by atoms with van der Waals surface area (Å²) in [6.07, 6.45) is 0.907. The summed E-state index contributed by atoms with van der Waals surface area (Å²) in [6, 6.07) is 1.63. The van der Waals surface area contributed by atoms with Crippen molar-refractivity contribution in [2.75, 3.05) is 5.32 Å². The first-order valence-electron chi connectivity index (χ1n) is 5.31. The van der Waals surface area contributed by atoms with Gasteiger partial charge in [-0.3, -0.25) is 9.11 Å². The molecule has 0 radical (unpaired) electrons. The highest BCUT2D eigenvalue weighted by atomic mass is 32.2. The van der Waals surface area contributed by atoms with Crippen LogP contribution >= 0.6 is 0 Å². The summed E-state index contributed by atoms with van der Waals surface area (Å²) in [7, 11) is -9.31. The zero-order valence-corrected chi connectivity index (χ0v) is 12.1. The molecule has 0 spiro atoms. The summed E-state index contributed by atoms with van der Waals surface area (Å²) in [5, 5.41) is 11.4. The van der Waals surface area contributed by atoms with E-state index in [1.165, 1.54) is 0 Å². The lowest BCUT2D eigenvalue weighted by molar-refractivity contribution is 0.429. The van der Waals surface area contributed by atoms with Gasteiger partial charge in [-0.05, 0) is 18.2 Å². The molecule has 11 nitrogen and oxygen atoms in total. The van der Waals surface area contributed by atoms with Crippen LogP contribution in [0.2, 0.25) is 0 Å². The zero-order valence-electron chi connectivity index (χ0n) is 10.4. The first kappa shape index (κ1) is 16.0. The van der Waals surface area contributed by atoms with E-state index >= 15 is 0 Å². The maximum absolute atomic E-state index is 11.3. The van der Waals surface area contributed by atoms with E-state index in [2.05, 4.69) is 20.3 Å². The van der Waals surface area contributed by atoms with Crippen LogP contribution in [-0.4, -0.2) is 46.0 Å². The lowest BCUT2D eigenvalue weighted by atomic mass is 10.3. The lowest BCUT2D eigenvalue weighted by Gasteiger charge is -2.10. The third-order valence-electron chi connectivity index (χ3n) is 2.33. The van der Waals surface area contributed by atoms with Crippen molar-refractivity contribution >= 4 is 31.9 Å². The molecule has 2 rings (SSSR count). The third-order valence-corrected chi connectivity index (χ3v) is 4.09. The van der Waals surface area contributed by atoms with Gasteiger partial charge < -0.3 is 10.4 Å². The summed E-state index contributed by atoms with van der Waals surface area (Å²) in [5.41, 5.74) is -0.428. The molecule has 0 fully saturated rings. The van der Waals surface area contributed by atoms with Gasteiger partial charge in [0.25, 0.3) is 20.2 Å². The van der Waals surface area contributed by atoms with Crippen LogP contribution in [0.4, 0.5) is 11.6 Å². The Morgan fingerprint density at radius 3 is 2.23 bits per heavy atom. The molecule has 0 aliphatic carbocycles. The number of anilines is 2. The molecule has 0 bridgehead atoms. The van der Waals surface area contributed by atoms with Crippen LogP contribution in [0.3, 0.4) is 0 Å². The molecule has 1 aromatic heterocycles. The normalized spacial score (nSPS) is 12.1. The van der Waals surface area contributed by atoms with Crippen molar-refractivity contribution in [3.63, 3.8) is 0 Å². The average molecular weight is 348 g/mol. The molecule has 4 N–H and O–H groups in total. The van der Waals surface area contributed by atoms with Crippen LogP contribution in [0.5, 0.6) is 6.01 Å². The number of rotatable bonds is 4. The molecule has 0 aliphatic rings. The van der Waals surface area contributed by atoms with E-state index in [4.69, 9.17) is 14.2 Å². The molecule has 0 unspecified atom stereocenters. The Morgan fingerprint density at radius 2 is 1.68 bits per heavy atom. The van der Waals surface area contributed by atoms with Gasteiger partial charge in [0.1, 0.15) is 11.2 Å². The first-order chi connectivity index (χ1) is 10.1. The summed E-state index contributed by atoms with van der Waals surface area (Å²) in [5.74, 6) is -0.315. The fourth-order valence-electron chi connectivity index (χ4n) is 1.46. The standard InChI is InChI=1S/C9H8N4O7S2/c14-9-11-4-10-8(13-9)12-6-3-5(21(15,16)17)1-2-7(6)22(18,19)20/h1-4H,(H,15,16,17)(H,18,19,20)(H2,10,11,12,13,14). The summed E-state index contributed by atoms with van der Waals surface area (Å²) >= 11 is 0. The predicted octanol–water partition coefficient (Wildman–Crippen LogP) is -0.186. The van der Waals surface area contributed by atoms with Gasteiger partial charge in [0.05, 0.1) is 10.6 Å². The molecule has 118 valence electrons. The Balaban J connectivity index is 2.60. The van der Waals surface area contributed by atoms with Crippen molar-refractivity contribution in [3.05, 3.63) is 24.5 Å². The highest BCUT2D eigenvalue weighted by molar-refractivity contribution is 7.86. The Hall–Kier alpha value is -2.35. The van der Waals surface area contributed by atoms with Crippen molar-refractivity contribution in [2.45, 2.75) is 9.79 Å². The Bertz CT molecular complexity index is 927. The Morgan fingerprint density at radius 1 is 1.00 bits per heavy atom. The van der Waals surface area contributed by atoms with Crippen molar-refractivity contribution in [1.82, 2.24) is 15.0 Å². The molecular weight excluding hydrogens is 340 g/mol. The first-order valence-corrected chi connectivity index (χ1v) is 8.19. The molecule has 0 saturated carbocycles. The molecule has 0 atom stereocenters. The average Bonchev–Trinajstić information content (AvgIpc) is 2.36. The summed E-state index contributed by atoms with van der Waals surface area (Å²) in [4.78, 5) is 8.98. The van der Waals surface area contributed by atoms with Crippen LogP contribution in [0.15, 0.2) is 34.3 Å². The minimum atomic E-state index is -4.70. The quantitative estimate of drug-likeness (QED) is 0.538. The van der Waals surface area contributed by atoms with Crippen LogP contribution in [-0.2, 0) is 20.2 Å². The van der Waals surface area contributed by atoms with Crippen LogP contribution in [0.1, 0.15) is 0 Å². The highest BCUT2D eigenvalue weighted by Gasteiger charge is 2.20. The van der Waals surface area contributed by atoms with Gasteiger partial charge in [0.15, 0.2) is 0 Å². The molecule has 13 heteroatoms. The molecule has 0 aliphatic heterocycles. The van der Waals surface area contributed by atoms with E-state index < -0.39 is 41.7 Å². The highest BCUT2D eigenvalue weighted by Crippen LogP contribution is 2.27. The van der Waals surface area contributed by atoms with Crippen LogP contribution in [0, 0.1) is 0 Å². The minimum Gasteiger partial charge on any atom is -0.479 e. The molecule has 0 saturated heterocycles. The molecule has 1 heterocycles. The number of aromatic nitrogens is 3. The fraction of sp³-hybridized carbons (Fsp3) is 0. The number of benzene rings is 1. The van der Waals surface area contributed by atoms with Crippen molar-refractivity contribution < 1.29 is 31.0 Å². The molecule has 1 aromatic carbocycles. The van der Waals surface area contributed by atoms with E-state index in [0.717, 1.165) is 24.5 Å². The van der Waals surface area contributed by atoms with Gasteiger partial charge >= 0.3 is 6.01 Å². The minimum absolute atomic E-state index is 0.315. The van der Waals surface area contributed by atoms with E-state index in [0.29, 0.717) is 0 Å². The molecule has 22 heavy (non-hydrogen) atoms. The maximum Gasteiger partial charge on any atom is 0.318 e. The Labute approximate surface area is 124 Å². The summed E-state index contributed by atoms with van der Waals surface area (Å²) < 4.78 is 62.8. The van der Waals surface area contributed by atoms with E-state index in [1.807, 2.05) is 0 Å². The second-order valence-corrected chi connectivity index (χ2v) is 6.65.